The minimum atomic E-state index is -1.69. The van der Waals surface area contributed by atoms with Gasteiger partial charge in [-0.25, -0.2) is 0 Å². The lowest BCUT2D eigenvalue weighted by Gasteiger charge is -2.46. The van der Waals surface area contributed by atoms with E-state index in [1.54, 1.807) is 7.11 Å². The third-order valence-electron chi connectivity index (χ3n) is 4.58. The van der Waals surface area contributed by atoms with Gasteiger partial charge in [0.2, 0.25) is 0 Å². The number of Topliss-reactive ketones (excluding diaryl/α,β-unsaturated/α-hetero) is 1. The van der Waals surface area contributed by atoms with Gasteiger partial charge in [0.25, 0.3) is 0 Å². The third-order valence-corrected chi connectivity index (χ3v) is 6.68. The number of carbonyl (C=O) groups is 1. The molecule has 2 fully saturated rings. The van der Waals surface area contributed by atoms with Crippen LogP contribution >= 0.6 is 0 Å². The Balaban J connectivity index is 2.04. The number of carbonyl (C=O) groups excluding carboxylic acids is 1. The first-order valence-corrected chi connectivity index (χ1v) is 10.9. The molecule has 2 aliphatic heterocycles. The van der Waals surface area contributed by atoms with Gasteiger partial charge in [0.1, 0.15) is 12.2 Å². The van der Waals surface area contributed by atoms with Gasteiger partial charge in [-0.2, -0.15) is 0 Å². The van der Waals surface area contributed by atoms with Crippen molar-refractivity contribution in [3.8, 4) is 0 Å². The number of hydrogen-bond donors (Lipinski definition) is 0. The highest BCUT2D eigenvalue weighted by atomic mass is 28.3. The van der Waals surface area contributed by atoms with Gasteiger partial charge in [0, 0.05) is 7.11 Å². The lowest BCUT2D eigenvalue weighted by molar-refractivity contribution is -0.241. The van der Waals surface area contributed by atoms with Crippen LogP contribution in [0.4, 0.5) is 0 Å². The van der Waals surface area contributed by atoms with Crippen LogP contribution in [0.25, 0.3) is 0 Å². The Hall–Kier alpha value is -0.533. The molecule has 1 aliphatic carbocycles. The zero-order chi connectivity index (χ0) is 15.8. The summed E-state index contributed by atoms with van der Waals surface area (Å²) in [6.45, 7) is 12.2. The van der Waals surface area contributed by atoms with Crippen molar-refractivity contribution in [3.63, 3.8) is 0 Å². The summed E-state index contributed by atoms with van der Waals surface area (Å²) in [7, 11) is -0.126. The highest BCUT2D eigenvalue weighted by Crippen LogP contribution is 2.55. The Labute approximate surface area is 126 Å². The normalized spacial score (nSPS) is 41.7. The lowest BCUT2D eigenvalue weighted by Crippen LogP contribution is -2.62. The molecule has 118 valence electrons. The Morgan fingerprint density at radius 2 is 1.76 bits per heavy atom. The molecule has 1 spiro atoms. The van der Waals surface area contributed by atoms with Crippen LogP contribution in [-0.4, -0.2) is 50.9 Å². The van der Waals surface area contributed by atoms with E-state index in [-0.39, 0.29) is 11.9 Å². The molecule has 21 heavy (non-hydrogen) atoms. The molecule has 0 aromatic heterocycles. The average Bonchev–Trinajstić information content (AvgIpc) is 2.79. The van der Waals surface area contributed by atoms with Gasteiger partial charge >= 0.3 is 0 Å². The van der Waals surface area contributed by atoms with Crippen molar-refractivity contribution in [2.24, 2.45) is 0 Å². The molecular formula is C15H24O5Si. The van der Waals surface area contributed by atoms with Crippen molar-refractivity contribution in [3.05, 3.63) is 10.8 Å². The monoisotopic (exact) mass is 312 g/mol. The van der Waals surface area contributed by atoms with Gasteiger partial charge in [-0.05, 0) is 31.5 Å². The number of hydrogen-bond acceptors (Lipinski definition) is 5. The number of ketones is 1. The highest BCUT2D eigenvalue weighted by molar-refractivity contribution is 6.88. The average molecular weight is 312 g/mol. The van der Waals surface area contributed by atoms with E-state index in [2.05, 4.69) is 19.6 Å². The van der Waals surface area contributed by atoms with Crippen molar-refractivity contribution in [1.82, 2.24) is 0 Å². The standard InChI is InChI=1S/C15H24O5Si/c1-8-10(21(5,6)7)11(16)15(8)12-9(13(17-4)20-15)18-14(2,3)19-12/h9,12-13H,1-7H3/t9?,12-,13?,15-/m1/s1. The molecule has 5 nitrogen and oxygen atoms in total. The highest BCUT2D eigenvalue weighted by Gasteiger charge is 2.72. The van der Waals surface area contributed by atoms with Gasteiger partial charge in [0.15, 0.2) is 23.5 Å². The number of rotatable bonds is 2. The van der Waals surface area contributed by atoms with E-state index in [0.717, 1.165) is 10.8 Å². The second kappa shape index (κ2) is 4.26. The summed E-state index contributed by atoms with van der Waals surface area (Å²) < 4.78 is 23.3. The zero-order valence-corrected chi connectivity index (χ0v) is 14.8. The molecular weight excluding hydrogens is 288 g/mol. The van der Waals surface area contributed by atoms with Gasteiger partial charge in [-0.1, -0.05) is 19.6 Å². The fraction of sp³-hybridized carbons (Fsp3) is 0.800. The number of fused-ring (bicyclic) bond motifs is 2. The van der Waals surface area contributed by atoms with Gasteiger partial charge in [0.05, 0.1) is 8.07 Å². The molecule has 6 heteroatoms. The first kappa shape index (κ1) is 15.4. The quantitative estimate of drug-likeness (QED) is 0.730. The van der Waals surface area contributed by atoms with Crippen LogP contribution in [0.5, 0.6) is 0 Å². The summed E-state index contributed by atoms with van der Waals surface area (Å²) >= 11 is 0. The van der Waals surface area contributed by atoms with Crippen molar-refractivity contribution in [1.29, 1.82) is 0 Å². The number of ether oxygens (including phenoxy) is 4. The van der Waals surface area contributed by atoms with E-state index in [9.17, 15) is 4.79 Å². The predicted octanol–water partition coefficient (Wildman–Crippen LogP) is 2.02. The summed E-state index contributed by atoms with van der Waals surface area (Å²) in [5.74, 6) is -0.659. The summed E-state index contributed by atoms with van der Waals surface area (Å²) in [6.07, 6.45) is -1.36. The second-order valence-corrected chi connectivity index (χ2v) is 12.6. The molecule has 3 aliphatic rings. The second-order valence-electron chi connectivity index (χ2n) is 7.56. The Bertz CT molecular complexity index is 533. The van der Waals surface area contributed by atoms with E-state index in [1.807, 2.05) is 20.8 Å². The van der Waals surface area contributed by atoms with Gasteiger partial charge < -0.3 is 18.9 Å². The van der Waals surface area contributed by atoms with Crippen LogP contribution in [-0.2, 0) is 23.7 Å². The fourth-order valence-electron chi connectivity index (χ4n) is 3.84. The minimum Gasteiger partial charge on any atom is -0.353 e. The molecule has 0 aromatic carbocycles. The van der Waals surface area contributed by atoms with Crippen LogP contribution in [0, 0.1) is 0 Å². The zero-order valence-electron chi connectivity index (χ0n) is 13.8. The minimum absolute atomic E-state index is 0.0648. The smallest absolute Gasteiger partial charge is 0.193 e. The summed E-state index contributed by atoms with van der Waals surface area (Å²) in [4.78, 5) is 12.9. The molecule has 0 saturated carbocycles. The molecule has 2 unspecified atom stereocenters. The molecule has 2 saturated heterocycles. The van der Waals surface area contributed by atoms with E-state index in [0.29, 0.717) is 0 Å². The number of methoxy groups -OCH3 is 1. The largest absolute Gasteiger partial charge is 0.353 e. The Morgan fingerprint density at radius 1 is 1.14 bits per heavy atom. The molecule has 0 radical (unpaired) electrons. The maximum absolute atomic E-state index is 12.9. The maximum Gasteiger partial charge on any atom is 0.193 e. The summed E-state index contributed by atoms with van der Waals surface area (Å²) in [5, 5.41) is 0.964. The first-order valence-electron chi connectivity index (χ1n) is 7.37. The van der Waals surface area contributed by atoms with Crippen molar-refractivity contribution in [2.75, 3.05) is 7.11 Å². The van der Waals surface area contributed by atoms with E-state index < -0.39 is 31.9 Å². The molecule has 0 amide bonds. The van der Waals surface area contributed by atoms with E-state index in [1.165, 1.54) is 0 Å². The summed E-state index contributed by atoms with van der Waals surface area (Å²) in [5.41, 5.74) is -0.00290. The summed E-state index contributed by atoms with van der Waals surface area (Å²) in [6, 6.07) is 0. The van der Waals surface area contributed by atoms with Crippen LogP contribution in [0.15, 0.2) is 10.8 Å². The van der Waals surface area contributed by atoms with Crippen molar-refractivity contribution < 1.29 is 23.7 Å². The Kier molecular flexibility index (Phi) is 3.12. The van der Waals surface area contributed by atoms with E-state index >= 15 is 0 Å². The molecule has 3 rings (SSSR count). The van der Waals surface area contributed by atoms with Crippen LogP contribution in [0.1, 0.15) is 20.8 Å². The first-order chi connectivity index (χ1) is 9.54. The third kappa shape index (κ3) is 1.86. The van der Waals surface area contributed by atoms with Crippen LogP contribution < -0.4 is 0 Å². The molecule has 4 atom stereocenters. The maximum atomic E-state index is 12.9. The van der Waals surface area contributed by atoms with Crippen LogP contribution in [0.3, 0.4) is 0 Å². The SMILES string of the molecule is COC1O[C@]2(C(=O)C([Si](C)(C)C)=C2C)[C@@H]2OC(C)(C)OC12. The Morgan fingerprint density at radius 3 is 2.24 bits per heavy atom. The van der Waals surface area contributed by atoms with Crippen molar-refractivity contribution >= 4 is 13.9 Å². The predicted molar refractivity (Wildman–Crippen MR) is 79.5 cm³/mol. The van der Waals surface area contributed by atoms with E-state index in [4.69, 9.17) is 18.9 Å². The molecule has 0 aromatic rings. The lowest BCUT2D eigenvalue weighted by atomic mass is 9.74. The van der Waals surface area contributed by atoms with Crippen molar-refractivity contribution in [2.45, 2.75) is 70.3 Å². The topological polar surface area (TPSA) is 54.0 Å². The molecule has 2 heterocycles. The van der Waals surface area contributed by atoms with Gasteiger partial charge in [-0.3, -0.25) is 4.79 Å². The molecule has 0 N–H and O–H groups in total. The van der Waals surface area contributed by atoms with Crippen LogP contribution in [0.2, 0.25) is 19.6 Å². The fourth-order valence-corrected chi connectivity index (χ4v) is 6.02. The molecule has 0 bridgehead atoms. The van der Waals surface area contributed by atoms with Gasteiger partial charge in [-0.15, -0.1) is 0 Å².